The molecule has 15 heavy (non-hydrogen) atoms. The van der Waals surface area contributed by atoms with Crippen LogP contribution in [0.15, 0.2) is 30.9 Å². The van der Waals surface area contributed by atoms with Crippen molar-refractivity contribution in [2.45, 2.75) is 6.18 Å². The smallest absolute Gasteiger partial charge is 0.289 e. The monoisotopic (exact) mass is 214 g/mol. The molecule has 78 valence electrons. The highest BCUT2D eigenvalue weighted by Crippen LogP contribution is 2.26. The van der Waals surface area contributed by atoms with Gasteiger partial charge in [-0.15, -0.1) is 10.2 Å². The van der Waals surface area contributed by atoms with Gasteiger partial charge in [0.1, 0.15) is 6.33 Å². The Morgan fingerprint density at radius 1 is 1.13 bits per heavy atom. The van der Waals surface area contributed by atoms with Gasteiger partial charge in [-0.05, 0) is 12.1 Å². The molecule has 0 N–H and O–H groups in total. The number of imidazole rings is 1. The van der Waals surface area contributed by atoms with Crippen LogP contribution >= 0.6 is 0 Å². The second-order valence-corrected chi connectivity index (χ2v) is 2.74. The van der Waals surface area contributed by atoms with Gasteiger partial charge in [0.15, 0.2) is 11.5 Å². The van der Waals surface area contributed by atoms with Gasteiger partial charge in [0.05, 0.1) is 0 Å². The van der Waals surface area contributed by atoms with Crippen LogP contribution in [0.4, 0.5) is 13.2 Å². The summed E-state index contributed by atoms with van der Waals surface area (Å²) in [5, 5.41) is 6.52. The second-order valence-electron chi connectivity index (χ2n) is 2.74. The van der Waals surface area contributed by atoms with Gasteiger partial charge in [-0.25, -0.2) is 4.98 Å². The third kappa shape index (κ3) is 1.95. The van der Waals surface area contributed by atoms with Gasteiger partial charge in [-0.2, -0.15) is 13.2 Å². The molecule has 0 spiro atoms. The van der Waals surface area contributed by atoms with Crippen LogP contribution in [0.25, 0.3) is 5.82 Å². The van der Waals surface area contributed by atoms with Crippen LogP contribution < -0.4 is 0 Å². The minimum absolute atomic E-state index is 0.292. The van der Waals surface area contributed by atoms with Crippen molar-refractivity contribution in [3.05, 3.63) is 36.5 Å². The zero-order valence-electron chi connectivity index (χ0n) is 7.31. The molecule has 7 heteroatoms. The van der Waals surface area contributed by atoms with Crippen molar-refractivity contribution >= 4 is 0 Å². The number of alkyl halides is 3. The van der Waals surface area contributed by atoms with E-state index in [-0.39, 0.29) is 0 Å². The number of halogens is 3. The highest BCUT2D eigenvalue weighted by molar-refractivity contribution is 5.22. The third-order valence-electron chi connectivity index (χ3n) is 1.71. The van der Waals surface area contributed by atoms with Gasteiger partial charge in [0.2, 0.25) is 0 Å². The van der Waals surface area contributed by atoms with Crippen LogP contribution in [0.5, 0.6) is 0 Å². The molecule has 0 aliphatic heterocycles. The molecule has 0 aliphatic rings. The molecule has 2 heterocycles. The lowest BCUT2D eigenvalue weighted by Gasteiger charge is -2.05. The van der Waals surface area contributed by atoms with Crippen molar-refractivity contribution in [2.24, 2.45) is 0 Å². The quantitative estimate of drug-likeness (QED) is 0.725. The Morgan fingerprint density at radius 2 is 1.93 bits per heavy atom. The first kappa shape index (κ1) is 9.63. The molecular weight excluding hydrogens is 209 g/mol. The summed E-state index contributed by atoms with van der Waals surface area (Å²) in [6, 6.07) is 2.11. The van der Waals surface area contributed by atoms with Crippen molar-refractivity contribution in [1.82, 2.24) is 19.7 Å². The number of nitrogens with zero attached hydrogens (tertiary/aromatic N) is 4. The van der Waals surface area contributed by atoms with Crippen molar-refractivity contribution in [3.8, 4) is 5.82 Å². The molecule has 0 bridgehead atoms. The minimum atomic E-state index is -4.46. The van der Waals surface area contributed by atoms with E-state index in [1.165, 1.54) is 23.2 Å². The fourth-order valence-corrected chi connectivity index (χ4v) is 1.01. The molecule has 4 nitrogen and oxygen atoms in total. The molecule has 0 amide bonds. The molecule has 2 aromatic heterocycles. The number of hydrogen-bond donors (Lipinski definition) is 0. The van der Waals surface area contributed by atoms with Crippen molar-refractivity contribution < 1.29 is 13.2 Å². The van der Waals surface area contributed by atoms with Crippen LogP contribution in [-0.2, 0) is 6.18 Å². The molecule has 0 saturated heterocycles. The standard InChI is InChI=1S/C8H5F3N4/c9-8(10,11)6-1-2-7(14-13-6)15-4-3-12-5-15/h1-5H. The molecule has 0 aromatic carbocycles. The molecular formula is C8H5F3N4. The van der Waals surface area contributed by atoms with Crippen molar-refractivity contribution in [2.75, 3.05) is 0 Å². The normalized spacial score (nSPS) is 11.7. The Bertz CT molecular complexity index is 432. The minimum Gasteiger partial charge on any atom is -0.289 e. The van der Waals surface area contributed by atoms with Gasteiger partial charge in [-0.3, -0.25) is 4.57 Å². The summed E-state index contributed by atoms with van der Waals surface area (Å²) >= 11 is 0. The maximum Gasteiger partial charge on any atom is 0.435 e. The van der Waals surface area contributed by atoms with Crippen LogP contribution in [0.2, 0.25) is 0 Å². The van der Waals surface area contributed by atoms with E-state index in [9.17, 15) is 13.2 Å². The lowest BCUT2D eigenvalue weighted by molar-refractivity contribution is -0.141. The summed E-state index contributed by atoms with van der Waals surface area (Å²) < 4.78 is 37.9. The zero-order chi connectivity index (χ0) is 10.9. The lowest BCUT2D eigenvalue weighted by Crippen LogP contribution is -2.10. The van der Waals surface area contributed by atoms with E-state index in [0.717, 1.165) is 6.07 Å². The van der Waals surface area contributed by atoms with Crippen LogP contribution in [0.1, 0.15) is 5.69 Å². The van der Waals surface area contributed by atoms with Gasteiger partial charge in [0, 0.05) is 12.4 Å². The van der Waals surface area contributed by atoms with E-state index in [0.29, 0.717) is 5.82 Å². The van der Waals surface area contributed by atoms with Crippen LogP contribution in [0, 0.1) is 0 Å². The Hall–Kier alpha value is -1.92. The van der Waals surface area contributed by atoms with E-state index < -0.39 is 11.9 Å². The average Bonchev–Trinajstić information content (AvgIpc) is 2.69. The number of hydrogen-bond acceptors (Lipinski definition) is 3. The van der Waals surface area contributed by atoms with Gasteiger partial charge >= 0.3 is 6.18 Å². The Labute approximate surface area is 82.4 Å². The summed E-state index contributed by atoms with van der Waals surface area (Å²) in [6.07, 6.45) is 0.0361. The maximum absolute atomic E-state index is 12.1. The summed E-state index contributed by atoms with van der Waals surface area (Å²) in [7, 11) is 0. The van der Waals surface area contributed by atoms with E-state index >= 15 is 0 Å². The zero-order valence-corrected chi connectivity index (χ0v) is 7.31. The second kappa shape index (κ2) is 3.34. The molecule has 0 unspecified atom stereocenters. The lowest BCUT2D eigenvalue weighted by atomic mass is 10.4. The first-order valence-corrected chi connectivity index (χ1v) is 3.96. The fourth-order valence-electron chi connectivity index (χ4n) is 1.01. The molecule has 0 aliphatic carbocycles. The molecule has 0 radical (unpaired) electrons. The van der Waals surface area contributed by atoms with Crippen LogP contribution in [0.3, 0.4) is 0 Å². The summed E-state index contributed by atoms with van der Waals surface area (Å²) in [5.74, 6) is 0.292. The molecule has 2 rings (SSSR count). The largest absolute Gasteiger partial charge is 0.435 e. The Kier molecular flexibility index (Phi) is 2.14. The van der Waals surface area contributed by atoms with E-state index in [4.69, 9.17) is 0 Å². The predicted octanol–water partition coefficient (Wildman–Crippen LogP) is 1.68. The van der Waals surface area contributed by atoms with Crippen molar-refractivity contribution in [3.63, 3.8) is 0 Å². The first-order chi connectivity index (χ1) is 7.07. The van der Waals surface area contributed by atoms with Gasteiger partial charge < -0.3 is 0 Å². The van der Waals surface area contributed by atoms with Gasteiger partial charge in [0.25, 0.3) is 0 Å². The summed E-state index contributed by atoms with van der Waals surface area (Å²) in [6.45, 7) is 0. The van der Waals surface area contributed by atoms with E-state index in [1.807, 2.05) is 0 Å². The highest BCUT2D eigenvalue weighted by atomic mass is 19.4. The molecule has 0 atom stereocenters. The first-order valence-electron chi connectivity index (χ1n) is 3.96. The fraction of sp³-hybridized carbons (Fsp3) is 0.125. The van der Waals surface area contributed by atoms with Crippen molar-refractivity contribution in [1.29, 1.82) is 0 Å². The Balaban J connectivity index is 2.33. The maximum atomic E-state index is 12.1. The number of rotatable bonds is 1. The predicted molar refractivity (Wildman–Crippen MR) is 44.2 cm³/mol. The van der Waals surface area contributed by atoms with E-state index in [2.05, 4.69) is 15.2 Å². The Morgan fingerprint density at radius 3 is 2.40 bits per heavy atom. The third-order valence-corrected chi connectivity index (χ3v) is 1.71. The van der Waals surface area contributed by atoms with Gasteiger partial charge in [-0.1, -0.05) is 0 Å². The summed E-state index contributed by atoms with van der Waals surface area (Å²) in [5.41, 5.74) is -1.01. The average molecular weight is 214 g/mol. The summed E-state index contributed by atoms with van der Waals surface area (Å²) in [4.78, 5) is 3.74. The SMILES string of the molecule is FC(F)(F)c1ccc(-n2ccnc2)nn1. The van der Waals surface area contributed by atoms with Crippen LogP contribution in [-0.4, -0.2) is 19.7 Å². The highest BCUT2D eigenvalue weighted by Gasteiger charge is 2.32. The molecule has 0 saturated carbocycles. The molecule has 0 fully saturated rings. The topological polar surface area (TPSA) is 43.6 Å². The van der Waals surface area contributed by atoms with E-state index in [1.54, 1.807) is 6.20 Å². The molecule has 2 aromatic rings. The number of aromatic nitrogens is 4.